The number of carbonyl (C=O) groups excluding carboxylic acids is 1. The standard InChI is InChI=1S/C7H14N4O/c1-5(12)10-6-2-3-11(4-6)7(8)9/h6H,2-4H2,1H3,(H3,8,9)(H,10,12). The van der Waals surface area contributed by atoms with E-state index in [4.69, 9.17) is 11.1 Å². The fourth-order valence-electron chi connectivity index (χ4n) is 1.38. The van der Waals surface area contributed by atoms with Crippen molar-refractivity contribution >= 4 is 11.9 Å². The van der Waals surface area contributed by atoms with Crippen molar-refractivity contribution in [2.24, 2.45) is 5.73 Å². The molecule has 4 N–H and O–H groups in total. The normalized spacial score (nSPS) is 22.4. The summed E-state index contributed by atoms with van der Waals surface area (Å²) in [6.45, 7) is 2.92. The van der Waals surface area contributed by atoms with Crippen molar-refractivity contribution in [3.63, 3.8) is 0 Å². The molecule has 1 atom stereocenters. The van der Waals surface area contributed by atoms with Crippen molar-refractivity contribution in [1.29, 1.82) is 5.41 Å². The smallest absolute Gasteiger partial charge is 0.217 e. The van der Waals surface area contributed by atoms with Gasteiger partial charge in [0.15, 0.2) is 5.96 Å². The molecule has 12 heavy (non-hydrogen) atoms. The molecule has 1 aliphatic heterocycles. The van der Waals surface area contributed by atoms with Gasteiger partial charge in [-0.15, -0.1) is 0 Å². The molecular weight excluding hydrogens is 156 g/mol. The molecule has 1 heterocycles. The molecular formula is C7H14N4O. The fourth-order valence-corrected chi connectivity index (χ4v) is 1.38. The number of likely N-dealkylation sites (tertiary alicyclic amines) is 1. The van der Waals surface area contributed by atoms with Crippen LogP contribution in [0.2, 0.25) is 0 Å². The first kappa shape index (κ1) is 8.83. The first-order valence-electron chi connectivity index (χ1n) is 3.95. The molecule has 0 saturated carbocycles. The molecule has 0 spiro atoms. The Labute approximate surface area is 71.4 Å². The van der Waals surface area contributed by atoms with Gasteiger partial charge in [-0.25, -0.2) is 0 Å². The van der Waals surface area contributed by atoms with Crippen LogP contribution in [-0.4, -0.2) is 35.9 Å². The summed E-state index contributed by atoms with van der Waals surface area (Å²) < 4.78 is 0. The number of rotatable bonds is 1. The van der Waals surface area contributed by atoms with E-state index in [9.17, 15) is 4.79 Å². The summed E-state index contributed by atoms with van der Waals surface area (Å²) in [5, 5.41) is 9.95. The Kier molecular flexibility index (Phi) is 2.52. The number of hydrogen-bond donors (Lipinski definition) is 3. The summed E-state index contributed by atoms with van der Waals surface area (Å²) >= 11 is 0. The van der Waals surface area contributed by atoms with E-state index < -0.39 is 0 Å². The third kappa shape index (κ3) is 2.11. The van der Waals surface area contributed by atoms with E-state index >= 15 is 0 Å². The Balaban J connectivity index is 2.35. The molecule has 0 aromatic carbocycles. The molecule has 1 aliphatic rings. The molecule has 68 valence electrons. The molecule has 1 saturated heterocycles. The Morgan fingerprint density at radius 2 is 2.42 bits per heavy atom. The van der Waals surface area contributed by atoms with Crippen LogP contribution < -0.4 is 11.1 Å². The summed E-state index contributed by atoms with van der Waals surface area (Å²) in [6.07, 6.45) is 0.874. The summed E-state index contributed by atoms with van der Waals surface area (Å²) in [5.74, 6) is 0.0632. The Bertz CT molecular complexity index is 204. The van der Waals surface area contributed by atoms with Gasteiger partial charge < -0.3 is 16.0 Å². The zero-order valence-electron chi connectivity index (χ0n) is 7.13. The van der Waals surface area contributed by atoms with Crippen molar-refractivity contribution in [2.75, 3.05) is 13.1 Å². The highest BCUT2D eigenvalue weighted by molar-refractivity contribution is 5.76. The molecule has 5 heteroatoms. The second-order valence-electron chi connectivity index (χ2n) is 3.02. The minimum Gasteiger partial charge on any atom is -0.370 e. The highest BCUT2D eigenvalue weighted by Gasteiger charge is 2.23. The van der Waals surface area contributed by atoms with Crippen LogP contribution in [0.5, 0.6) is 0 Å². The lowest BCUT2D eigenvalue weighted by molar-refractivity contribution is -0.119. The molecule has 1 fully saturated rings. The van der Waals surface area contributed by atoms with Gasteiger partial charge >= 0.3 is 0 Å². The number of nitrogens with one attached hydrogen (secondary N) is 2. The van der Waals surface area contributed by atoms with Gasteiger partial charge in [0, 0.05) is 26.1 Å². The van der Waals surface area contributed by atoms with E-state index in [1.165, 1.54) is 6.92 Å². The highest BCUT2D eigenvalue weighted by Crippen LogP contribution is 2.07. The molecule has 1 amide bonds. The van der Waals surface area contributed by atoms with E-state index in [1.807, 2.05) is 0 Å². The fraction of sp³-hybridized carbons (Fsp3) is 0.714. The third-order valence-electron chi connectivity index (χ3n) is 1.94. The summed E-state index contributed by atoms with van der Waals surface area (Å²) in [5.41, 5.74) is 5.29. The average Bonchev–Trinajstić information content (AvgIpc) is 2.34. The predicted molar refractivity (Wildman–Crippen MR) is 45.7 cm³/mol. The van der Waals surface area contributed by atoms with Gasteiger partial charge in [0.1, 0.15) is 0 Å². The summed E-state index contributed by atoms with van der Waals surface area (Å²) in [7, 11) is 0. The quantitative estimate of drug-likeness (QED) is 0.352. The first-order valence-corrected chi connectivity index (χ1v) is 3.95. The highest BCUT2D eigenvalue weighted by atomic mass is 16.1. The van der Waals surface area contributed by atoms with E-state index in [-0.39, 0.29) is 17.9 Å². The Hall–Kier alpha value is -1.26. The van der Waals surface area contributed by atoms with Gasteiger partial charge in [-0.2, -0.15) is 0 Å². The summed E-state index contributed by atoms with van der Waals surface area (Å²) in [4.78, 5) is 12.4. The van der Waals surface area contributed by atoms with Crippen molar-refractivity contribution in [3.05, 3.63) is 0 Å². The monoisotopic (exact) mass is 170 g/mol. The first-order chi connectivity index (χ1) is 5.59. The zero-order chi connectivity index (χ0) is 9.14. The second kappa shape index (κ2) is 3.42. The largest absolute Gasteiger partial charge is 0.370 e. The van der Waals surface area contributed by atoms with Crippen molar-refractivity contribution in [3.8, 4) is 0 Å². The molecule has 0 radical (unpaired) electrons. The Morgan fingerprint density at radius 1 is 1.75 bits per heavy atom. The number of guanidine groups is 1. The minimum absolute atomic E-state index is 0.0228. The summed E-state index contributed by atoms with van der Waals surface area (Å²) in [6, 6.07) is 0.159. The van der Waals surface area contributed by atoms with Crippen LogP contribution in [0.25, 0.3) is 0 Å². The van der Waals surface area contributed by atoms with Crippen LogP contribution in [0.1, 0.15) is 13.3 Å². The SMILES string of the molecule is CC(=O)NC1CCN(C(=N)N)C1. The Morgan fingerprint density at radius 3 is 2.83 bits per heavy atom. The third-order valence-corrected chi connectivity index (χ3v) is 1.94. The van der Waals surface area contributed by atoms with E-state index in [0.717, 1.165) is 13.0 Å². The molecule has 0 aromatic heterocycles. The number of hydrogen-bond acceptors (Lipinski definition) is 2. The average molecular weight is 170 g/mol. The molecule has 0 aliphatic carbocycles. The van der Waals surface area contributed by atoms with Gasteiger partial charge in [0.05, 0.1) is 0 Å². The molecule has 1 unspecified atom stereocenters. The second-order valence-corrected chi connectivity index (χ2v) is 3.02. The maximum absolute atomic E-state index is 10.7. The zero-order valence-corrected chi connectivity index (χ0v) is 7.13. The maximum Gasteiger partial charge on any atom is 0.217 e. The van der Waals surface area contributed by atoms with Gasteiger partial charge in [-0.1, -0.05) is 0 Å². The number of nitrogens with two attached hydrogens (primary N) is 1. The lowest BCUT2D eigenvalue weighted by Crippen LogP contribution is -2.39. The van der Waals surface area contributed by atoms with E-state index in [2.05, 4.69) is 5.32 Å². The number of carbonyl (C=O) groups is 1. The lowest BCUT2D eigenvalue weighted by atomic mass is 10.3. The van der Waals surface area contributed by atoms with Crippen LogP contribution in [0.4, 0.5) is 0 Å². The molecule has 0 bridgehead atoms. The van der Waals surface area contributed by atoms with Crippen LogP contribution >= 0.6 is 0 Å². The van der Waals surface area contributed by atoms with Crippen molar-refractivity contribution in [2.45, 2.75) is 19.4 Å². The van der Waals surface area contributed by atoms with Gasteiger partial charge in [0.2, 0.25) is 5.91 Å². The van der Waals surface area contributed by atoms with Gasteiger partial charge in [-0.05, 0) is 6.42 Å². The van der Waals surface area contributed by atoms with Crippen molar-refractivity contribution in [1.82, 2.24) is 10.2 Å². The molecule has 5 nitrogen and oxygen atoms in total. The van der Waals surface area contributed by atoms with Crippen molar-refractivity contribution < 1.29 is 4.79 Å². The molecule has 0 aromatic rings. The number of amides is 1. The maximum atomic E-state index is 10.7. The van der Waals surface area contributed by atoms with Crippen LogP contribution in [0.3, 0.4) is 0 Å². The van der Waals surface area contributed by atoms with E-state index in [0.29, 0.717) is 6.54 Å². The van der Waals surface area contributed by atoms with Crippen LogP contribution in [-0.2, 0) is 4.79 Å². The topological polar surface area (TPSA) is 82.2 Å². The van der Waals surface area contributed by atoms with Crippen LogP contribution in [0, 0.1) is 5.41 Å². The van der Waals surface area contributed by atoms with Crippen LogP contribution in [0.15, 0.2) is 0 Å². The lowest BCUT2D eigenvalue weighted by Gasteiger charge is -2.15. The van der Waals surface area contributed by atoms with Gasteiger partial charge in [-0.3, -0.25) is 10.2 Å². The van der Waals surface area contributed by atoms with Gasteiger partial charge in [0.25, 0.3) is 0 Å². The number of nitrogens with zero attached hydrogens (tertiary/aromatic N) is 1. The minimum atomic E-state index is -0.0228. The van der Waals surface area contributed by atoms with E-state index in [1.54, 1.807) is 4.90 Å². The molecule has 1 rings (SSSR count). The predicted octanol–water partition coefficient (Wildman–Crippen LogP) is -0.910.